The first-order valence-electron chi connectivity index (χ1n) is 10.6. The average Bonchev–Trinajstić information content (AvgIpc) is 2.74. The number of carbonyl (C=O) groups is 1. The van der Waals surface area contributed by atoms with Crippen molar-refractivity contribution >= 4 is 11.7 Å². The molecular weight excluding hydrogens is 390 g/mol. The van der Waals surface area contributed by atoms with Gasteiger partial charge in [0.15, 0.2) is 0 Å². The van der Waals surface area contributed by atoms with Gasteiger partial charge in [0.25, 0.3) is 0 Å². The molecule has 0 aliphatic rings. The maximum Gasteiger partial charge on any atom is 0.356 e. The highest BCUT2D eigenvalue weighted by molar-refractivity contribution is 6.16. The molecule has 0 fully saturated rings. The summed E-state index contributed by atoms with van der Waals surface area (Å²) in [4.78, 5) is 17.1. The number of benzene rings is 2. The molecule has 0 heterocycles. The number of rotatable bonds is 10. The second kappa shape index (κ2) is 11.5. The van der Waals surface area contributed by atoms with Crippen LogP contribution in [0.25, 0.3) is 0 Å². The molecule has 1 unspecified atom stereocenters. The number of aromatic hydroxyl groups is 1. The van der Waals surface area contributed by atoms with E-state index in [2.05, 4.69) is 11.9 Å². The fourth-order valence-corrected chi connectivity index (χ4v) is 3.26. The highest BCUT2D eigenvalue weighted by Gasteiger charge is 2.17. The van der Waals surface area contributed by atoms with Crippen LogP contribution in [0.15, 0.2) is 71.4 Å². The largest absolute Gasteiger partial charge is 0.507 e. The van der Waals surface area contributed by atoms with Crippen LogP contribution in [-0.2, 0) is 9.53 Å². The molecule has 0 radical (unpaired) electrons. The summed E-state index contributed by atoms with van der Waals surface area (Å²) in [5, 5.41) is 20.3. The van der Waals surface area contributed by atoms with Crippen LogP contribution < -0.4 is 0 Å². The second-order valence-corrected chi connectivity index (χ2v) is 8.47. The molecule has 0 bridgehead atoms. The van der Waals surface area contributed by atoms with Crippen LogP contribution in [0.5, 0.6) is 5.75 Å². The molecule has 5 nitrogen and oxygen atoms in total. The summed E-state index contributed by atoms with van der Waals surface area (Å²) in [6, 6.07) is 16.4. The lowest BCUT2D eigenvalue weighted by Gasteiger charge is -2.18. The summed E-state index contributed by atoms with van der Waals surface area (Å²) in [5.41, 5.74) is 1.38. The van der Waals surface area contributed by atoms with E-state index in [-0.39, 0.29) is 11.4 Å². The third-order valence-corrected chi connectivity index (χ3v) is 5.03. The smallest absolute Gasteiger partial charge is 0.356 e. The molecule has 2 rings (SSSR count). The van der Waals surface area contributed by atoms with E-state index in [1.807, 2.05) is 50.2 Å². The Morgan fingerprint density at radius 2 is 1.77 bits per heavy atom. The molecule has 0 aliphatic heterocycles. The number of aliphatic hydroxyl groups is 1. The predicted octanol–water partition coefficient (Wildman–Crippen LogP) is 5.25. The molecule has 0 saturated carbocycles. The second-order valence-electron chi connectivity index (χ2n) is 8.47. The minimum Gasteiger partial charge on any atom is -0.507 e. The van der Waals surface area contributed by atoms with Crippen molar-refractivity contribution in [1.29, 1.82) is 0 Å². The highest BCUT2D eigenvalue weighted by atomic mass is 16.5. The van der Waals surface area contributed by atoms with E-state index in [1.54, 1.807) is 24.3 Å². The van der Waals surface area contributed by atoms with Gasteiger partial charge in [0.1, 0.15) is 11.4 Å². The summed E-state index contributed by atoms with van der Waals surface area (Å²) in [6.45, 7) is 5.73. The first kappa shape index (κ1) is 24.4. The van der Waals surface area contributed by atoms with Crippen molar-refractivity contribution in [2.75, 3.05) is 7.11 Å². The summed E-state index contributed by atoms with van der Waals surface area (Å²) in [6.07, 6.45) is 5.02. The number of ether oxygens (including phenoxy) is 1. The lowest BCUT2D eigenvalue weighted by atomic mass is 9.95. The first-order valence-corrected chi connectivity index (χ1v) is 10.6. The van der Waals surface area contributed by atoms with Gasteiger partial charge >= 0.3 is 5.97 Å². The van der Waals surface area contributed by atoms with Crippen LogP contribution in [0.4, 0.5) is 0 Å². The molecule has 166 valence electrons. The Morgan fingerprint density at radius 3 is 2.39 bits per heavy atom. The third-order valence-electron chi connectivity index (χ3n) is 5.03. The van der Waals surface area contributed by atoms with Crippen LogP contribution in [0, 0.1) is 5.92 Å². The van der Waals surface area contributed by atoms with Crippen molar-refractivity contribution in [1.82, 2.24) is 0 Å². The predicted molar refractivity (Wildman–Crippen MR) is 124 cm³/mol. The van der Waals surface area contributed by atoms with Gasteiger partial charge in [-0.2, -0.15) is 0 Å². The van der Waals surface area contributed by atoms with Gasteiger partial charge in [-0.15, -0.1) is 0 Å². The molecule has 31 heavy (non-hydrogen) atoms. The average molecular weight is 424 g/mol. The Balaban J connectivity index is 2.34. The fraction of sp³-hybridized carbons (Fsp3) is 0.385. The molecule has 0 aliphatic carbocycles. The van der Waals surface area contributed by atoms with Crippen molar-refractivity contribution in [2.24, 2.45) is 10.9 Å². The van der Waals surface area contributed by atoms with Crippen LogP contribution in [-0.4, -0.2) is 34.6 Å². The third kappa shape index (κ3) is 8.02. The molecule has 0 aromatic heterocycles. The van der Waals surface area contributed by atoms with E-state index in [0.717, 1.165) is 24.8 Å². The molecular formula is C26H33NO4. The molecule has 2 N–H and O–H groups in total. The van der Waals surface area contributed by atoms with Crippen molar-refractivity contribution in [2.45, 2.75) is 52.1 Å². The van der Waals surface area contributed by atoms with Crippen LogP contribution in [0.3, 0.4) is 0 Å². The van der Waals surface area contributed by atoms with Gasteiger partial charge in [0, 0.05) is 11.1 Å². The summed E-state index contributed by atoms with van der Waals surface area (Å²) < 4.78 is 4.96. The van der Waals surface area contributed by atoms with Crippen molar-refractivity contribution in [3.8, 4) is 5.75 Å². The number of phenols is 1. The number of hydrogen-bond donors (Lipinski definition) is 2. The molecule has 0 amide bonds. The molecule has 5 heteroatoms. The van der Waals surface area contributed by atoms with Gasteiger partial charge in [-0.3, -0.25) is 0 Å². The van der Waals surface area contributed by atoms with Crippen LogP contribution in [0.1, 0.15) is 57.6 Å². The monoisotopic (exact) mass is 423 g/mol. The number of nitrogens with zero attached hydrogens (tertiary/aromatic N) is 1. The number of hydrogen-bond acceptors (Lipinski definition) is 5. The van der Waals surface area contributed by atoms with Crippen LogP contribution in [0.2, 0.25) is 0 Å². The van der Waals surface area contributed by atoms with Gasteiger partial charge in [0.05, 0.1) is 18.4 Å². The summed E-state index contributed by atoms with van der Waals surface area (Å²) >= 11 is 0. The van der Waals surface area contributed by atoms with Gasteiger partial charge in [-0.05, 0) is 44.7 Å². The zero-order valence-electron chi connectivity index (χ0n) is 18.8. The first-order chi connectivity index (χ1) is 14.7. The number of aliphatic imine (C=N–C) groups is 1. The topological polar surface area (TPSA) is 79.1 Å². The van der Waals surface area contributed by atoms with Crippen molar-refractivity contribution in [3.63, 3.8) is 0 Å². The van der Waals surface area contributed by atoms with E-state index in [1.165, 1.54) is 7.11 Å². The lowest BCUT2D eigenvalue weighted by molar-refractivity contribution is -0.136. The van der Waals surface area contributed by atoms with E-state index in [4.69, 9.17) is 4.74 Å². The van der Waals surface area contributed by atoms with Gasteiger partial charge < -0.3 is 14.9 Å². The van der Waals surface area contributed by atoms with Gasteiger partial charge in [0.2, 0.25) is 0 Å². The Morgan fingerprint density at radius 1 is 1.13 bits per heavy atom. The molecule has 2 aromatic rings. The molecule has 0 saturated heterocycles. The zero-order chi connectivity index (χ0) is 22.9. The number of esters is 1. The van der Waals surface area contributed by atoms with Gasteiger partial charge in [-0.1, -0.05) is 68.3 Å². The molecule has 2 aromatic carbocycles. The maximum absolute atomic E-state index is 12.5. The van der Waals surface area contributed by atoms with Crippen LogP contribution >= 0.6 is 0 Å². The maximum atomic E-state index is 12.5. The van der Waals surface area contributed by atoms with E-state index in [9.17, 15) is 15.0 Å². The standard InChI is InChI=1S/C26H33NO4/c1-19(11-10-18-26(2,3)30)16-17-22(25(29)31-4)27-24(20-12-6-5-7-13-20)21-14-8-9-15-23(21)28/h5-9,12-15,17,19,28,30H,10-11,16,18H2,1-4H3/b22-17-,27-24?. The lowest BCUT2D eigenvalue weighted by Crippen LogP contribution is -2.18. The Bertz CT molecular complexity index is 911. The zero-order valence-corrected chi connectivity index (χ0v) is 18.8. The highest BCUT2D eigenvalue weighted by Crippen LogP contribution is 2.23. The van der Waals surface area contributed by atoms with Crippen molar-refractivity contribution in [3.05, 3.63) is 77.5 Å². The summed E-state index contributed by atoms with van der Waals surface area (Å²) in [7, 11) is 1.33. The van der Waals surface area contributed by atoms with E-state index >= 15 is 0 Å². The number of methoxy groups -OCH3 is 1. The summed E-state index contributed by atoms with van der Waals surface area (Å²) in [5.74, 6) is -0.107. The molecule has 1 atom stereocenters. The van der Waals surface area contributed by atoms with Gasteiger partial charge in [-0.25, -0.2) is 9.79 Å². The Kier molecular flexibility index (Phi) is 9.01. The number of phenolic OH excluding ortho intramolecular Hbond substituents is 1. The normalized spacial score (nSPS) is 13.7. The Labute approximate surface area is 185 Å². The van der Waals surface area contributed by atoms with Crippen molar-refractivity contribution < 1.29 is 19.7 Å². The number of carbonyl (C=O) groups excluding carboxylic acids is 1. The minimum atomic E-state index is -0.667. The SMILES string of the molecule is COC(=O)/C(=C/CC(C)CCCC(C)(C)O)N=C(c1ccccc1)c1ccccc1O. The Hall–Kier alpha value is -2.92. The molecule has 0 spiro atoms. The van der Waals surface area contributed by atoms with E-state index in [0.29, 0.717) is 23.6 Å². The minimum absolute atomic E-state index is 0.0919. The number of allylic oxidation sites excluding steroid dienone is 1. The number of para-hydroxylation sites is 1. The fourth-order valence-electron chi connectivity index (χ4n) is 3.26. The van der Waals surface area contributed by atoms with E-state index < -0.39 is 11.6 Å². The quantitative estimate of drug-likeness (QED) is 0.311.